The second-order valence-corrected chi connectivity index (χ2v) is 7.71. The molecular formula is C22H29N5O. The minimum absolute atomic E-state index is 0.0524. The van der Waals surface area contributed by atoms with Gasteiger partial charge in [0.25, 0.3) is 5.91 Å². The Hall–Kier alpha value is -2.63. The first-order valence-electron chi connectivity index (χ1n) is 10.4. The summed E-state index contributed by atoms with van der Waals surface area (Å²) in [6.07, 6.45) is 4.60. The van der Waals surface area contributed by atoms with E-state index >= 15 is 0 Å². The predicted octanol–water partition coefficient (Wildman–Crippen LogP) is 3.13. The Morgan fingerprint density at radius 2 is 1.46 bits per heavy atom. The second-order valence-electron chi connectivity index (χ2n) is 7.71. The molecular weight excluding hydrogens is 350 g/mol. The first-order chi connectivity index (χ1) is 13.7. The molecule has 28 heavy (non-hydrogen) atoms. The number of amides is 1. The number of hydrogen-bond acceptors (Lipinski definition) is 5. The van der Waals surface area contributed by atoms with Crippen molar-refractivity contribution in [1.29, 1.82) is 0 Å². The third kappa shape index (κ3) is 4.26. The molecule has 2 fully saturated rings. The van der Waals surface area contributed by atoms with E-state index in [1.807, 2.05) is 24.0 Å². The van der Waals surface area contributed by atoms with Crippen LogP contribution >= 0.6 is 0 Å². The molecule has 0 spiro atoms. The van der Waals surface area contributed by atoms with Crippen LogP contribution in [0, 0.1) is 6.92 Å². The third-order valence-corrected chi connectivity index (χ3v) is 5.64. The molecule has 3 heterocycles. The number of carbonyl (C=O) groups excluding carboxylic acids is 1. The second kappa shape index (κ2) is 8.59. The Balaban J connectivity index is 1.46. The first kappa shape index (κ1) is 18.7. The molecule has 0 N–H and O–H groups in total. The molecule has 6 nitrogen and oxygen atoms in total. The summed E-state index contributed by atoms with van der Waals surface area (Å²) in [5, 5.41) is 0. The fraction of sp³-hybridized carbons (Fsp3) is 0.500. The van der Waals surface area contributed by atoms with Gasteiger partial charge in [0, 0.05) is 50.6 Å². The van der Waals surface area contributed by atoms with E-state index in [-0.39, 0.29) is 5.91 Å². The molecule has 0 aliphatic carbocycles. The molecule has 0 bridgehead atoms. The van der Waals surface area contributed by atoms with Crippen LogP contribution in [0.2, 0.25) is 0 Å². The minimum atomic E-state index is 0.0524. The third-order valence-electron chi connectivity index (χ3n) is 5.64. The van der Waals surface area contributed by atoms with Gasteiger partial charge in [0.15, 0.2) is 0 Å². The molecule has 2 aromatic rings. The van der Waals surface area contributed by atoms with E-state index < -0.39 is 0 Å². The lowest BCUT2D eigenvalue weighted by molar-refractivity contribution is 0.0755. The van der Waals surface area contributed by atoms with Gasteiger partial charge in [0.05, 0.1) is 0 Å². The van der Waals surface area contributed by atoms with Crippen LogP contribution in [0.4, 0.5) is 11.6 Å². The van der Waals surface area contributed by atoms with Gasteiger partial charge in [0.2, 0.25) is 5.95 Å². The first-order valence-corrected chi connectivity index (χ1v) is 10.4. The van der Waals surface area contributed by atoms with E-state index in [0.29, 0.717) is 11.6 Å². The average molecular weight is 380 g/mol. The Labute approximate surface area is 167 Å². The number of para-hydroxylation sites is 1. The van der Waals surface area contributed by atoms with Gasteiger partial charge in [-0.3, -0.25) is 4.79 Å². The highest BCUT2D eigenvalue weighted by Crippen LogP contribution is 2.19. The number of carbonyl (C=O) groups is 1. The Bertz CT molecular complexity index is 794. The quantitative estimate of drug-likeness (QED) is 0.820. The molecule has 0 unspecified atom stereocenters. The van der Waals surface area contributed by atoms with Crippen LogP contribution in [0.5, 0.6) is 0 Å². The number of nitrogens with zero attached hydrogens (tertiary/aromatic N) is 5. The summed E-state index contributed by atoms with van der Waals surface area (Å²) in [6.45, 7) is 7.20. The Morgan fingerprint density at radius 1 is 0.821 bits per heavy atom. The molecule has 1 aromatic carbocycles. The van der Waals surface area contributed by atoms with Gasteiger partial charge in [-0.05, 0) is 38.0 Å². The summed E-state index contributed by atoms with van der Waals surface area (Å²) in [4.78, 5) is 28.8. The van der Waals surface area contributed by atoms with Gasteiger partial charge < -0.3 is 14.7 Å². The monoisotopic (exact) mass is 379 g/mol. The van der Waals surface area contributed by atoms with Crippen LogP contribution in [0.25, 0.3) is 0 Å². The number of likely N-dealkylation sites (tertiary alicyclic amines) is 1. The summed E-state index contributed by atoms with van der Waals surface area (Å²) in [5.41, 5.74) is 2.65. The summed E-state index contributed by atoms with van der Waals surface area (Å²) in [7, 11) is 0. The smallest absolute Gasteiger partial charge is 0.272 e. The molecule has 1 aromatic heterocycles. The van der Waals surface area contributed by atoms with Crippen LogP contribution < -0.4 is 9.80 Å². The number of piperazine rings is 1. The predicted molar refractivity (Wildman–Crippen MR) is 112 cm³/mol. The van der Waals surface area contributed by atoms with Gasteiger partial charge in [-0.2, -0.15) is 0 Å². The highest BCUT2D eigenvalue weighted by atomic mass is 16.2. The fourth-order valence-corrected chi connectivity index (χ4v) is 4.04. The maximum Gasteiger partial charge on any atom is 0.272 e. The van der Waals surface area contributed by atoms with Crippen molar-refractivity contribution in [3.05, 3.63) is 47.8 Å². The van der Waals surface area contributed by atoms with Crippen LogP contribution in [0.1, 0.15) is 41.9 Å². The zero-order valence-electron chi connectivity index (χ0n) is 16.7. The molecule has 0 radical (unpaired) electrons. The molecule has 6 heteroatoms. The van der Waals surface area contributed by atoms with Gasteiger partial charge in [-0.25, -0.2) is 9.97 Å². The zero-order valence-corrected chi connectivity index (χ0v) is 16.7. The van der Waals surface area contributed by atoms with Crippen LogP contribution in [0.15, 0.2) is 36.4 Å². The molecule has 148 valence electrons. The number of aryl methyl sites for hydroxylation is 1. The van der Waals surface area contributed by atoms with Crippen LogP contribution in [-0.2, 0) is 0 Å². The number of benzene rings is 1. The van der Waals surface area contributed by atoms with Crippen molar-refractivity contribution in [2.75, 3.05) is 49.1 Å². The van der Waals surface area contributed by atoms with Gasteiger partial charge in [-0.15, -0.1) is 0 Å². The number of hydrogen-bond donors (Lipinski definition) is 0. The maximum atomic E-state index is 13.0. The van der Waals surface area contributed by atoms with Crippen molar-refractivity contribution < 1.29 is 4.79 Å². The molecule has 0 atom stereocenters. The fourth-order valence-electron chi connectivity index (χ4n) is 4.04. The topological polar surface area (TPSA) is 52.6 Å². The standard InChI is InChI=1S/C22H29N5O/c1-18-17-20(21(28)26-11-7-2-3-8-12-26)24-22(23-18)27-15-13-25(14-16-27)19-9-5-4-6-10-19/h4-6,9-10,17H,2-3,7-8,11-16H2,1H3. The van der Waals surface area contributed by atoms with Crippen molar-refractivity contribution in [1.82, 2.24) is 14.9 Å². The van der Waals surface area contributed by atoms with Gasteiger partial charge >= 0.3 is 0 Å². The molecule has 1 amide bonds. The van der Waals surface area contributed by atoms with E-state index in [1.165, 1.54) is 18.5 Å². The van der Waals surface area contributed by atoms with Gasteiger partial charge in [0.1, 0.15) is 5.69 Å². The van der Waals surface area contributed by atoms with Crippen LogP contribution in [0.3, 0.4) is 0 Å². The maximum absolute atomic E-state index is 13.0. The molecule has 2 aliphatic rings. The molecule has 2 aliphatic heterocycles. The molecule has 0 saturated carbocycles. The lowest BCUT2D eigenvalue weighted by Gasteiger charge is -2.36. The van der Waals surface area contributed by atoms with Crippen molar-refractivity contribution in [3.8, 4) is 0 Å². The number of rotatable bonds is 3. The lowest BCUT2D eigenvalue weighted by Crippen LogP contribution is -2.47. The van der Waals surface area contributed by atoms with E-state index in [9.17, 15) is 4.79 Å². The molecule has 4 rings (SSSR count). The van der Waals surface area contributed by atoms with Crippen molar-refractivity contribution in [2.24, 2.45) is 0 Å². The summed E-state index contributed by atoms with van der Waals surface area (Å²) in [5.74, 6) is 0.738. The highest BCUT2D eigenvalue weighted by Gasteiger charge is 2.23. The highest BCUT2D eigenvalue weighted by molar-refractivity contribution is 5.92. The largest absolute Gasteiger partial charge is 0.368 e. The van der Waals surface area contributed by atoms with E-state index in [0.717, 1.165) is 57.8 Å². The number of anilines is 2. The summed E-state index contributed by atoms with van der Waals surface area (Å²) < 4.78 is 0. The molecule has 2 saturated heterocycles. The lowest BCUT2D eigenvalue weighted by atomic mass is 10.2. The van der Waals surface area contributed by atoms with Crippen molar-refractivity contribution >= 4 is 17.5 Å². The summed E-state index contributed by atoms with van der Waals surface area (Å²) in [6, 6.07) is 12.3. The van der Waals surface area contributed by atoms with Crippen molar-refractivity contribution in [3.63, 3.8) is 0 Å². The Kier molecular flexibility index (Phi) is 5.74. The Morgan fingerprint density at radius 3 is 2.14 bits per heavy atom. The minimum Gasteiger partial charge on any atom is -0.368 e. The van der Waals surface area contributed by atoms with E-state index in [4.69, 9.17) is 0 Å². The van der Waals surface area contributed by atoms with Crippen molar-refractivity contribution in [2.45, 2.75) is 32.6 Å². The van der Waals surface area contributed by atoms with E-state index in [1.54, 1.807) is 0 Å². The normalized spacial score (nSPS) is 18.1. The number of aromatic nitrogens is 2. The van der Waals surface area contributed by atoms with Crippen LogP contribution in [-0.4, -0.2) is 60.0 Å². The average Bonchev–Trinajstić information content (AvgIpc) is 3.03. The SMILES string of the molecule is Cc1cc(C(=O)N2CCCCCC2)nc(N2CCN(c3ccccc3)CC2)n1. The zero-order chi connectivity index (χ0) is 19.3. The van der Waals surface area contributed by atoms with E-state index in [2.05, 4.69) is 44.0 Å². The van der Waals surface area contributed by atoms with Gasteiger partial charge in [-0.1, -0.05) is 31.0 Å². The summed E-state index contributed by atoms with van der Waals surface area (Å²) >= 11 is 0.